The highest BCUT2D eigenvalue weighted by molar-refractivity contribution is 9.10. The highest BCUT2D eigenvalue weighted by Gasteiger charge is 2.39. The van der Waals surface area contributed by atoms with Crippen molar-refractivity contribution in [3.63, 3.8) is 0 Å². The molecule has 2 atom stereocenters. The Morgan fingerprint density at radius 2 is 1.90 bits per heavy atom. The van der Waals surface area contributed by atoms with Crippen LogP contribution >= 0.6 is 15.9 Å². The van der Waals surface area contributed by atoms with Crippen molar-refractivity contribution in [3.05, 3.63) is 64.1 Å². The number of amides is 1. The number of carbonyl (C=O) groups excluding carboxylic acids is 1. The number of carboxylic acids is 1. The van der Waals surface area contributed by atoms with E-state index < -0.39 is 43.2 Å². The van der Waals surface area contributed by atoms with Gasteiger partial charge >= 0.3 is 5.97 Å². The van der Waals surface area contributed by atoms with Crippen molar-refractivity contribution in [2.45, 2.75) is 29.0 Å². The number of rotatable bonds is 7. The van der Waals surface area contributed by atoms with Gasteiger partial charge in [0.15, 0.2) is 0 Å². The van der Waals surface area contributed by atoms with Crippen LogP contribution in [0.25, 0.3) is 0 Å². The molecule has 2 aromatic carbocycles. The molecule has 1 heterocycles. The number of hydrogen-bond acceptors (Lipinski definition) is 6. The fraction of sp³-hybridized carbons (Fsp3) is 0.222. The lowest BCUT2D eigenvalue weighted by Gasteiger charge is -2.16. The predicted molar refractivity (Wildman–Crippen MR) is 110 cm³/mol. The zero-order chi connectivity index (χ0) is 22.1. The second-order valence-electron chi connectivity index (χ2n) is 6.65. The van der Waals surface area contributed by atoms with Gasteiger partial charge in [0.1, 0.15) is 11.3 Å². The minimum Gasteiger partial charge on any atom is -0.480 e. The maximum Gasteiger partial charge on any atom is 0.322 e. The maximum atomic E-state index is 12.4. The van der Waals surface area contributed by atoms with E-state index >= 15 is 0 Å². The van der Waals surface area contributed by atoms with Gasteiger partial charge in [0.25, 0.3) is 0 Å². The Labute approximate surface area is 181 Å². The van der Waals surface area contributed by atoms with Gasteiger partial charge in [-0.1, -0.05) is 46.3 Å². The van der Waals surface area contributed by atoms with Crippen LogP contribution in [0.5, 0.6) is 0 Å². The number of halogens is 1. The largest absolute Gasteiger partial charge is 0.480 e. The molecule has 1 unspecified atom stereocenters. The molecule has 1 aliphatic heterocycles. The Kier molecular flexibility index (Phi) is 6.32. The van der Waals surface area contributed by atoms with E-state index in [1.807, 2.05) is 4.72 Å². The number of aliphatic carboxylic acids is 1. The second kappa shape index (κ2) is 8.46. The first-order chi connectivity index (χ1) is 14.0. The van der Waals surface area contributed by atoms with Crippen LogP contribution in [0.3, 0.4) is 0 Å². The number of sulfonamides is 2. The fourth-order valence-electron chi connectivity index (χ4n) is 3.06. The van der Waals surface area contributed by atoms with Gasteiger partial charge in [-0.15, -0.1) is 0 Å². The smallest absolute Gasteiger partial charge is 0.322 e. The minimum atomic E-state index is -4.05. The Hall–Kier alpha value is -2.28. The van der Waals surface area contributed by atoms with Gasteiger partial charge in [0.2, 0.25) is 26.0 Å². The van der Waals surface area contributed by atoms with Gasteiger partial charge in [0.05, 0.1) is 11.3 Å². The molecule has 3 rings (SSSR count). The van der Waals surface area contributed by atoms with Crippen molar-refractivity contribution < 1.29 is 31.5 Å². The molecule has 0 aliphatic carbocycles. The molecular formula is C18H17BrN2O7S2. The Morgan fingerprint density at radius 3 is 2.43 bits per heavy atom. The molecule has 0 aromatic heterocycles. The molecule has 1 aliphatic rings. The molecule has 0 spiro atoms. The highest BCUT2D eigenvalue weighted by Crippen LogP contribution is 2.35. The first-order valence-corrected chi connectivity index (χ1v) is 12.4. The standard InChI is InChI=1S/C18H17BrN2O7S2/c19-14-8-11(6-7-13(14)16-10-17(22)21-30(16,27)28)9-15(18(23)24)20-29(25,26)12-4-2-1-3-5-12/h1-8,15-16,20H,9-10H2,(H,21,22)(H,23,24)/t15-,16?/m1/s1. The summed E-state index contributed by atoms with van der Waals surface area (Å²) < 4.78 is 53.5. The van der Waals surface area contributed by atoms with Crippen molar-refractivity contribution in [1.82, 2.24) is 9.44 Å². The molecule has 0 bridgehead atoms. The van der Waals surface area contributed by atoms with E-state index in [1.165, 1.54) is 42.5 Å². The maximum absolute atomic E-state index is 12.4. The minimum absolute atomic E-state index is 0.0589. The molecule has 9 nitrogen and oxygen atoms in total. The summed E-state index contributed by atoms with van der Waals surface area (Å²) in [5.74, 6) is -1.96. The molecule has 30 heavy (non-hydrogen) atoms. The first kappa shape index (κ1) is 22.4. The summed E-state index contributed by atoms with van der Waals surface area (Å²) in [7, 11) is -7.88. The molecule has 1 amide bonds. The van der Waals surface area contributed by atoms with E-state index in [0.717, 1.165) is 0 Å². The number of nitrogens with one attached hydrogen (secondary N) is 2. The highest BCUT2D eigenvalue weighted by atomic mass is 79.9. The SMILES string of the molecule is O=C1CC(c2ccc(C[C@@H](NS(=O)(=O)c3ccccc3)C(=O)O)cc2Br)S(=O)(=O)N1. The lowest BCUT2D eigenvalue weighted by Crippen LogP contribution is -2.42. The molecule has 0 saturated carbocycles. The van der Waals surface area contributed by atoms with Gasteiger partial charge in [-0.05, 0) is 35.7 Å². The van der Waals surface area contributed by atoms with Crippen LogP contribution < -0.4 is 9.44 Å². The zero-order valence-electron chi connectivity index (χ0n) is 15.3. The monoisotopic (exact) mass is 516 g/mol. The third-order valence-corrected chi connectivity index (χ3v) is 8.36. The van der Waals surface area contributed by atoms with Crippen LogP contribution in [-0.2, 0) is 36.1 Å². The quantitative estimate of drug-likeness (QED) is 0.502. The van der Waals surface area contributed by atoms with E-state index in [9.17, 15) is 31.5 Å². The van der Waals surface area contributed by atoms with E-state index in [4.69, 9.17) is 0 Å². The molecule has 160 valence electrons. The summed E-state index contributed by atoms with van der Waals surface area (Å²) >= 11 is 3.26. The Morgan fingerprint density at radius 1 is 1.23 bits per heavy atom. The van der Waals surface area contributed by atoms with E-state index in [-0.39, 0.29) is 17.7 Å². The van der Waals surface area contributed by atoms with Gasteiger partial charge in [-0.2, -0.15) is 4.72 Å². The Bertz CT molecular complexity index is 1200. The predicted octanol–water partition coefficient (Wildman–Crippen LogP) is 1.31. The lowest BCUT2D eigenvalue weighted by atomic mass is 10.0. The van der Waals surface area contributed by atoms with Crippen molar-refractivity contribution in [2.24, 2.45) is 0 Å². The van der Waals surface area contributed by atoms with Crippen LogP contribution in [0.15, 0.2) is 57.9 Å². The van der Waals surface area contributed by atoms with Crippen LogP contribution in [-0.4, -0.2) is 39.9 Å². The number of benzene rings is 2. The van der Waals surface area contributed by atoms with Crippen molar-refractivity contribution in [1.29, 1.82) is 0 Å². The van der Waals surface area contributed by atoms with Crippen LogP contribution in [0.1, 0.15) is 22.8 Å². The molecule has 0 radical (unpaired) electrons. The van der Waals surface area contributed by atoms with Gasteiger partial charge < -0.3 is 5.11 Å². The summed E-state index contributed by atoms with van der Waals surface area (Å²) in [6.07, 6.45) is -0.385. The number of hydrogen-bond donors (Lipinski definition) is 3. The molecule has 1 fully saturated rings. The van der Waals surface area contributed by atoms with Crippen LogP contribution in [0, 0.1) is 0 Å². The van der Waals surface area contributed by atoms with Crippen LogP contribution in [0.4, 0.5) is 0 Å². The van der Waals surface area contributed by atoms with E-state index in [0.29, 0.717) is 15.6 Å². The molecule has 3 N–H and O–H groups in total. The van der Waals surface area contributed by atoms with Gasteiger partial charge in [0, 0.05) is 4.47 Å². The van der Waals surface area contributed by atoms with E-state index in [2.05, 4.69) is 20.7 Å². The van der Waals surface area contributed by atoms with Crippen molar-refractivity contribution in [2.75, 3.05) is 0 Å². The molecular weight excluding hydrogens is 500 g/mol. The van der Waals surface area contributed by atoms with Crippen molar-refractivity contribution in [3.8, 4) is 0 Å². The Balaban J connectivity index is 1.82. The zero-order valence-corrected chi connectivity index (χ0v) is 18.5. The fourth-order valence-corrected chi connectivity index (χ4v) is 6.57. The third-order valence-electron chi connectivity index (χ3n) is 4.50. The number of carbonyl (C=O) groups is 2. The summed E-state index contributed by atoms with van der Waals surface area (Å²) in [5, 5.41) is 8.42. The normalized spacial score (nSPS) is 19.2. The second-order valence-corrected chi connectivity index (χ2v) is 11.1. The topological polar surface area (TPSA) is 147 Å². The molecule has 1 saturated heterocycles. The summed E-state index contributed by atoms with van der Waals surface area (Å²) in [5.41, 5.74) is 0.817. The third kappa shape index (κ3) is 4.89. The molecule has 2 aromatic rings. The average molecular weight is 517 g/mol. The van der Waals surface area contributed by atoms with Crippen molar-refractivity contribution >= 4 is 47.9 Å². The lowest BCUT2D eigenvalue weighted by molar-refractivity contribution is -0.138. The van der Waals surface area contributed by atoms with Gasteiger partial charge in [-0.25, -0.2) is 16.8 Å². The average Bonchev–Trinajstić information content (AvgIpc) is 2.93. The summed E-state index contributed by atoms with van der Waals surface area (Å²) in [6, 6.07) is 10.5. The first-order valence-electron chi connectivity index (χ1n) is 8.62. The van der Waals surface area contributed by atoms with Gasteiger partial charge in [-0.3, -0.25) is 14.3 Å². The van der Waals surface area contributed by atoms with Crippen LogP contribution in [0.2, 0.25) is 0 Å². The number of carboxylic acid groups (broad SMARTS) is 1. The summed E-state index contributed by atoms with van der Waals surface area (Å²) in [4.78, 5) is 23.0. The van der Waals surface area contributed by atoms with E-state index in [1.54, 1.807) is 6.07 Å². The summed E-state index contributed by atoms with van der Waals surface area (Å²) in [6.45, 7) is 0. The molecule has 12 heteroatoms.